The Bertz CT molecular complexity index is 376. The van der Waals surface area contributed by atoms with Crippen molar-refractivity contribution in [2.24, 2.45) is 5.84 Å². The van der Waals surface area contributed by atoms with E-state index in [4.69, 9.17) is 5.84 Å². The number of rotatable bonds is 3. The molecule has 1 aliphatic heterocycles. The van der Waals surface area contributed by atoms with Crippen molar-refractivity contribution in [2.75, 3.05) is 13.1 Å². The molecule has 88 valence electrons. The van der Waals surface area contributed by atoms with E-state index in [1.165, 1.54) is 11.3 Å². The van der Waals surface area contributed by atoms with Crippen LogP contribution in [0.3, 0.4) is 0 Å². The van der Waals surface area contributed by atoms with E-state index < -0.39 is 0 Å². The monoisotopic (exact) mass is 224 g/mol. The standard InChI is InChI=1S/C9H16N6O/c1-2-15-8(11-7-12-15)6-13-4-3-5-14(10)9(13)16/h7H,2-6,10H2,1H3. The van der Waals surface area contributed by atoms with Gasteiger partial charge in [-0.15, -0.1) is 0 Å². The summed E-state index contributed by atoms with van der Waals surface area (Å²) < 4.78 is 1.78. The largest absolute Gasteiger partial charge is 0.334 e. The van der Waals surface area contributed by atoms with Crippen molar-refractivity contribution < 1.29 is 4.79 Å². The highest BCUT2D eigenvalue weighted by atomic mass is 16.2. The Morgan fingerprint density at radius 2 is 2.31 bits per heavy atom. The summed E-state index contributed by atoms with van der Waals surface area (Å²) in [6.45, 7) is 4.56. The first kappa shape index (κ1) is 10.9. The number of aromatic nitrogens is 3. The van der Waals surface area contributed by atoms with Gasteiger partial charge in [-0.3, -0.25) is 5.01 Å². The van der Waals surface area contributed by atoms with Gasteiger partial charge in [-0.25, -0.2) is 20.3 Å². The van der Waals surface area contributed by atoms with Crippen LogP contribution in [0.25, 0.3) is 0 Å². The number of nitrogens with two attached hydrogens (primary N) is 1. The van der Waals surface area contributed by atoms with E-state index >= 15 is 0 Å². The van der Waals surface area contributed by atoms with Gasteiger partial charge in [0.2, 0.25) is 0 Å². The van der Waals surface area contributed by atoms with Gasteiger partial charge in [0.25, 0.3) is 0 Å². The minimum atomic E-state index is -0.142. The highest BCUT2D eigenvalue weighted by Gasteiger charge is 2.24. The molecular formula is C9H16N6O. The van der Waals surface area contributed by atoms with Crippen LogP contribution in [0.5, 0.6) is 0 Å². The van der Waals surface area contributed by atoms with Crippen LogP contribution in [0, 0.1) is 0 Å². The Morgan fingerprint density at radius 3 is 3.06 bits per heavy atom. The van der Waals surface area contributed by atoms with E-state index in [0.717, 1.165) is 25.3 Å². The second-order valence-corrected chi connectivity index (χ2v) is 3.74. The molecular weight excluding hydrogens is 208 g/mol. The number of hydrazine groups is 1. The SMILES string of the molecule is CCn1ncnc1CN1CCCN(N)C1=O. The third-order valence-electron chi connectivity index (χ3n) is 2.67. The molecule has 0 aromatic carbocycles. The summed E-state index contributed by atoms with van der Waals surface area (Å²) in [5.41, 5.74) is 0. The molecule has 2 amide bonds. The van der Waals surface area contributed by atoms with Gasteiger partial charge in [-0.1, -0.05) is 0 Å². The number of hydrogen-bond acceptors (Lipinski definition) is 4. The fourth-order valence-electron chi connectivity index (χ4n) is 1.80. The van der Waals surface area contributed by atoms with Gasteiger partial charge in [-0.05, 0) is 13.3 Å². The summed E-state index contributed by atoms with van der Waals surface area (Å²) in [7, 11) is 0. The minimum absolute atomic E-state index is 0.142. The predicted octanol–water partition coefficient (Wildman–Crippen LogP) is -0.201. The Hall–Kier alpha value is -1.63. The molecule has 1 saturated heterocycles. The molecule has 1 aromatic heterocycles. The number of aryl methyl sites for hydroxylation is 1. The van der Waals surface area contributed by atoms with E-state index in [0.29, 0.717) is 13.1 Å². The van der Waals surface area contributed by atoms with Crippen LogP contribution in [0.4, 0.5) is 4.79 Å². The summed E-state index contributed by atoms with van der Waals surface area (Å²) >= 11 is 0. The average Bonchev–Trinajstić information content (AvgIpc) is 2.72. The van der Waals surface area contributed by atoms with E-state index in [-0.39, 0.29) is 6.03 Å². The zero-order valence-corrected chi connectivity index (χ0v) is 9.33. The van der Waals surface area contributed by atoms with Crippen molar-refractivity contribution in [1.82, 2.24) is 24.7 Å². The molecule has 2 N–H and O–H groups in total. The zero-order chi connectivity index (χ0) is 11.5. The van der Waals surface area contributed by atoms with Crippen LogP contribution in [-0.2, 0) is 13.1 Å². The molecule has 0 saturated carbocycles. The number of urea groups is 1. The average molecular weight is 224 g/mol. The molecule has 7 nitrogen and oxygen atoms in total. The van der Waals surface area contributed by atoms with Crippen LogP contribution >= 0.6 is 0 Å². The van der Waals surface area contributed by atoms with Crippen molar-refractivity contribution in [2.45, 2.75) is 26.4 Å². The lowest BCUT2D eigenvalue weighted by Crippen LogP contribution is -2.52. The third-order valence-corrected chi connectivity index (χ3v) is 2.67. The Labute approximate surface area is 93.8 Å². The summed E-state index contributed by atoms with van der Waals surface area (Å²) in [4.78, 5) is 17.6. The minimum Gasteiger partial charge on any atom is -0.316 e. The van der Waals surface area contributed by atoms with Crippen LogP contribution in [-0.4, -0.2) is 43.8 Å². The topological polar surface area (TPSA) is 80.3 Å². The molecule has 1 aromatic rings. The lowest BCUT2D eigenvalue weighted by atomic mass is 10.3. The molecule has 2 heterocycles. The highest BCUT2D eigenvalue weighted by molar-refractivity contribution is 5.74. The second-order valence-electron chi connectivity index (χ2n) is 3.74. The van der Waals surface area contributed by atoms with Crippen LogP contribution in [0.1, 0.15) is 19.2 Å². The molecule has 0 radical (unpaired) electrons. The van der Waals surface area contributed by atoms with Crippen molar-refractivity contribution >= 4 is 6.03 Å². The first-order chi connectivity index (χ1) is 7.72. The van der Waals surface area contributed by atoms with E-state index in [1.54, 1.807) is 9.58 Å². The first-order valence-electron chi connectivity index (χ1n) is 5.40. The van der Waals surface area contributed by atoms with Crippen LogP contribution < -0.4 is 5.84 Å². The molecule has 7 heteroatoms. The van der Waals surface area contributed by atoms with Gasteiger partial charge in [0.05, 0.1) is 6.54 Å². The summed E-state index contributed by atoms with van der Waals surface area (Å²) in [6.07, 6.45) is 2.40. The van der Waals surface area contributed by atoms with E-state index in [2.05, 4.69) is 10.1 Å². The molecule has 2 rings (SSSR count). The highest BCUT2D eigenvalue weighted by Crippen LogP contribution is 2.09. The van der Waals surface area contributed by atoms with Crippen molar-refractivity contribution in [3.63, 3.8) is 0 Å². The second kappa shape index (κ2) is 4.48. The number of hydrogen-bond donors (Lipinski definition) is 1. The number of carbonyl (C=O) groups is 1. The summed E-state index contributed by atoms with van der Waals surface area (Å²) in [5.74, 6) is 6.36. The molecule has 0 unspecified atom stereocenters. The fraction of sp³-hybridized carbons (Fsp3) is 0.667. The smallest absolute Gasteiger partial charge is 0.316 e. The molecule has 0 bridgehead atoms. The summed E-state index contributed by atoms with van der Waals surface area (Å²) in [5, 5.41) is 5.31. The third kappa shape index (κ3) is 1.99. The molecule has 1 aliphatic rings. The maximum atomic E-state index is 11.7. The Kier molecular flexibility index (Phi) is 3.04. The van der Waals surface area contributed by atoms with Crippen molar-refractivity contribution in [3.05, 3.63) is 12.2 Å². The fourth-order valence-corrected chi connectivity index (χ4v) is 1.80. The normalized spacial score (nSPS) is 17.0. The quantitative estimate of drug-likeness (QED) is 0.569. The van der Waals surface area contributed by atoms with Gasteiger partial charge >= 0.3 is 6.03 Å². The predicted molar refractivity (Wildman–Crippen MR) is 57.0 cm³/mol. The van der Waals surface area contributed by atoms with Gasteiger partial charge in [0, 0.05) is 19.6 Å². The van der Waals surface area contributed by atoms with E-state index in [1.807, 2.05) is 6.92 Å². The van der Waals surface area contributed by atoms with Gasteiger partial charge < -0.3 is 4.90 Å². The Balaban J connectivity index is 2.06. The maximum Gasteiger partial charge on any atom is 0.334 e. The number of amides is 2. The van der Waals surface area contributed by atoms with Crippen LogP contribution in [0.15, 0.2) is 6.33 Å². The van der Waals surface area contributed by atoms with Gasteiger partial charge in [0.15, 0.2) is 0 Å². The van der Waals surface area contributed by atoms with Crippen molar-refractivity contribution in [1.29, 1.82) is 0 Å². The molecule has 0 aliphatic carbocycles. The Morgan fingerprint density at radius 1 is 1.50 bits per heavy atom. The lowest BCUT2D eigenvalue weighted by Gasteiger charge is -2.32. The zero-order valence-electron chi connectivity index (χ0n) is 9.33. The molecule has 0 atom stereocenters. The van der Waals surface area contributed by atoms with Gasteiger partial charge in [-0.2, -0.15) is 5.10 Å². The molecule has 16 heavy (non-hydrogen) atoms. The van der Waals surface area contributed by atoms with E-state index in [9.17, 15) is 4.79 Å². The van der Waals surface area contributed by atoms with Crippen LogP contribution in [0.2, 0.25) is 0 Å². The number of carbonyl (C=O) groups excluding carboxylic acids is 1. The van der Waals surface area contributed by atoms with Crippen molar-refractivity contribution in [3.8, 4) is 0 Å². The lowest BCUT2D eigenvalue weighted by molar-refractivity contribution is 0.125. The van der Waals surface area contributed by atoms with Gasteiger partial charge in [0.1, 0.15) is 12.2 Å². The molecule has 0 spiro atoms. The molecule has 1 fully saturated rings. The number of nitrogens with zero attached hydrogens (tertiary/aromatic N) is 5. The summed E-state index contributed by atoms with van der Waals surface area (Å²) in [6, 6.07) is -0.142. The first-order valence-corrected chi connectivity index (χ1v) is 5.40. The maximum absolute atomic E-state index is 11.7.